The van der Waals surface area contributed by atoms with Crippen molar-refractivity contribution in [3.8, 4) is 17.2 Å². The molecule has 2 amide bonds. The maximum atomic E-state index is 12.7. The molecular formula is C23H24F3N3O6. The summed E-state index contributed by atoms with van der Waals surface area (Å²) in [6.45, 7) is 1.36. The Bertz CT molecular complexity index is 1060. The number of carbonyl (C=O) groups excluding carboxylic acids is 2. The number of hydrogen-bond donors (Lipinski definition) is 1. The van der Waals surface area contributed by atoms with Crippen molar-refractivity contribution in [2.75, 3.05) is 46.6 Å². The van der Waals surface area contributed by atoms with Gasteiger partial charge in [0.25, 0.3) is 11.8 Å². The number of hydrazone groups is 1. The molecule has 1 heterocycles. The van der Waals surface area contributed by atoms with E-state index in [1.54, 1.807) is 23.1 Å². The van der Waals surface area contributed by atoms with E-state index in [-0.39, 0.29) is 18.3 Å². The Morgan fingerprint density at radius 2 is 1.86 bits per heavy atom. The lowest BCUT2D eigenvalue weighted by molar-refractivity contribution is -0.138. The van der Waals surface area contributed by atoms with Crippen LogP contribution in [0.5, 0.6) is 17.2 Å². The van der Waals surface area contributed by atoms with E-state index in [1.807, 2.05) is 0 Å². The summed E-state index contributed by atoms with van der Waals surface area (Å²) in [5.74, 6) is -0.178. The molecule has 0 aliphatic carbocycles. The SMILES string of the molecule is COc1cc(/C=N/NC(=O)COc2cccc(C(F)(F)F)c2)ccc1OCC(=O)N1CCOCC1. The Morgan fingerprint density at radius 3 is 2.57 bits per heavy atom. The lowest BCUT2D eigenvalue weighted by atomic mass is 10.2. The van der Waals surface area contributed by atoms with Crippen LogP contribution in [0.25, 0.3) is 0 Å². The van der Waals surface area contributed by atoms with Gasteiger partial charge in [-0.2, -0.15) is 18.3 Å². The number of nitrogens with one attached hydrogen (secondary N) is 1. The van der Waals surface area contributed by atoms with Gasteiger partial charge < -0.3 is 23.8 Å². The predicted octanol–water partition coefficient (Wildman–Crippen LogP) is 2.48. The lowest BCUT2D eigenvalue weighted by Gasteiger charge is -2.26. The Hall–Kier alpha value is -3.80. The van der Waals surface area contributed by atoms with Crippen molar-refractivity contribution in [1.82, 2.24) is 10.3 Å². The van der Waals surface area contributed by atoms with E-state index in [1.165, 1.54) is 25.5 Å². The van der Waals surface area contributed by atoms with Crippen LogP contribution in [0.1, 0.15) is 11.1 Å². The number of amides is 2. The Morgan fingerprint density at radius 1 is 1.09 bits per heavy atom. The van der Waals surface area contributed by atoms with Crippen LogP contribution in [0.15, 0.2) is 47.6 Å². The first-order chi connectivity index (χ1) is 16.8. The van der Waals surface area contributed by atoms with Crippen LogP contribution in [0.4, 0.5) is 13.2 Å². The summed E-state index contributed by atoms with van der Waals surface area (Å²) in [5, 5.41) is 3.80. The molecule has 0 bridgehead atoms. The second-order valence-electron chi connectivity index (χ2n) is 7.30. The van der Waals surface area contributed by atoms with Crippen LogP contribution < -0.4 is 19.6 Å². The summed E-state index contributed by atoms with van der Waals surface area (Å²) in [7, 11) is 1.44. The smallest absolute Gasteiger partial charge is 0.416 e. The van der Waals surface area contributed by atoms with Crippen molar-refractivity contribution in [2.45, 2.75) is 6.18 Å². The van der Waals surface area contributed by atoms with E-state index in [2.05, 4.69) is 10.5 Å². The van der Waals surface area contributed by atoms with Gasteiger partial charge in [-0.1, -0.05) is 6.07 Å². The zero-order valence-electron chi connectivity index (χ0n) is 18.8. The first-order valence-corrected chi connectivity index (χ1v) is 10.5. The predicted molar refractivity (Wildman–Crippen MR) is 119 cm³/mol. The van der Waals surface area contributed by atoms with Crippen molar-refractivity contribution in [3.05, 3.63) is 53.6 Å². The van der Waals surface area contributed by atoms with E-state index in [9.17, 15) is 22.8 Å². The summed E-state index contributed by atoms with van der Waals surface area (Å²) < 4.78 is 59.4. The largest absolute Gasteiger partial charge is 0.493 e. The molecule has 1 fully saturated rings. The lowest BCUT2D eigenvalue weighted by Crippen LogP contribution is -2.43. The Kier molecular flexibility index (Phi) is 8.90. The molecule has 1 N–H and O–H groups in total. The van der Waals surface area contributed by atoms with Gasteiger partial charge in [-0.25, -0.2) is 5.43 Å². The number of morpholine rings is 1. The molecule has 188 valence electrons. The molecule has 0 unspecified atom stereocenters. The summed E-state index contributed by atoms with van der Waals surface area (Å²) in [5.41, 5.74) is 1.91. The maximum absolute atomic E-state index is 12.7. The van der Waals surface area contributed by atoms with E-state index in [4.69, 9.17) is 18.9 Å². The first kappa shape index (κ1) is 25.8. The van der Waals surface area contributed by atoms with Gasteiger partial charge in [-0.05, 0) is 42.0 Å². The second-order valence-corrected chi connectivity index (χ2v) is 7.30. The van der Waals surface area contributed by atoms with Gasteiger partial charge in [0.15, 0.2) is 24.7 Å². The average molecular weight is 495 g/mol. The summed E-state index contributed by atoms with van der Waals surface area (Å²) in [4.78, 5) is 25.8. The molecule has 0 aromatic heterocycles. The molecule has 0 spiro atoms. The van der Waals surface area contributed by atoms with Gasteiger partial charge in [-0.15, -0.1) is 0 Å². The zero-order chi connectivity index (χ0) is 25.3. The number of methoxy groups -OCH3 is 1. The fourth-order valence-corrected chi connectivity index (χ4v) is 3.05. The topological polar surface area (TPSA) is 98.7 Å². The number of rotatable bonds is 9. The third-order valence-electron chi connectivity index (χ3n) is 4.84. The molecule has 0 radical (unpaired) electrons. The fraction of sp³-hybridized carbons (Fsp3) is 0.348. The Balaban J connectivity index is 1.48. The molecule has 3 rings (SSSR count). The number of alkyl halides is 3. The number of ether oxygens (including phenoxy) is 4. The molecule has 0 atom stereocenters. The monoisotopic (exact) mass is 495 g/mol. The van der Waals surface area contributed by atoms with Gasteiger partial charge in [0.2, 0.25) is 0 Å². The van der Waals surface area contributed by atoms with Crippen molar-refractivity contribution in [1.29, 1.82) is 0 Å². The summed E-state index contributed by atoms with van der Waals surface area (Å²) in [6, 6.07) is 9.06. The van der Waals surface area contributed by atoms with E-state index in [0.29, 0.717) is 43.4 Å². The molecule has 35 heavy (non-hydrogen) atoms. The molecule has 2 aromatic carbocycles. The molecule has 9 nitrogen and oxygen atoms in total. The number of benzene rings is 2. The number of carbonyl (C=O) groups is 2. The van der Waals surface area contributed by atoms with Gasteiger partial charge in [0.1, 0.15) is 5.75 Å². The molecular weight excluding hydrogens is 471 g/mol. The molecule has 1 aliphatic heterocycles. The van der Waals surface area contributed by atoms with E-state index < -0.39 is 24.3 Å². The summed E-state index contributed by atoms with van der Waals surface area (Å²) >= 11 is 0. The second kappa shape index (κ2) is 12.1. The third-order valence-corrected chi connectivity index (χ3v) is 4.84. The van der Waals surface area contributed by atoms with Crippen molar-refractivity contribution >= 4 is 18.0 Å². The fourth-order valence-electron chi connectivity index (χ4n) is 3.05. The zero-order valence-corrected chi connectivity index (χ0v) is 18.8. The quantitative estimate of drug-likeness (QED) is 0.424. The Labute approximate surface area is 199 Å². The van der Waals surface area contributed by atoms with Gasteiger partial charge >= 0.3 is 6.18 Å². The molecule has 1 aliphatic rings. The minimum Gasteiger partial charge on any atom is -0.493 e. The number of nitrogens with zero attached hydrogens (tertiary/aromatic N) is 2. The van der Waals surface area contributed by atoms with Crippen LogP contribution in [0.2, 0.25) is 0 Å². The van der Waals surface area contributed by atoms with Gasteiger partial charge in [0, 0.05) is 13.1 Å². The number of halogens is 3. The van der Waals surface area contributed by atoms with Gasteiger partial charge in [0.05, 0.1) is 32.1 Å². The minimum absolute atomic E-state index is 0.0913. The van der Waals surface area contributed by atoms with Crippen LogP contribution in [0.3, 0.4) is 0 Å². The van der Waals surface area contributed by atoms with Crippen LogP contribution >= 0.6 is 0 Å². The average Bonchev–Trinajstić information content (AvgIpc) is 2.86. The molecule has 0 saturated carbocycles. The highest BCUT2D eigenvalue weighted by molar-refractivity contribution is 5.84. The van der Waals surface area contributed by atoms with Crippen molar-refractivity contribution < 1.29 is 41.7 Å². The molecule has 12 heteroatoms. The van der Waals surface area contributed by atoms with Crippen molar-refractivity contribution in [3.63, 3.8) is 0 Å². The van der Waals surface area contributed by atoms with Crippen molar-refractivity contribution in [2.24, 2.45) is 5.10 Å². The van der Waals surface area contributed by atoms with E-state index >= 15 is 0 Å². The first-order valence-electron chi connectivity index (χ1n) is 10.5. The normalized spacial score (nSPS) is 14.0. The van der Waals surface area contributed by atoms with Gasteiger partial charge in [-0.3, -0.25) is 9.59 Å². The standard InChI is InChI=1S/C23H24F3N3O6/c1-32-20-11-16(5-6-19(20)35-15-22(31)29-7-9-33-10-8-29)13-27-28-21(30)14-34-18-4-2-3-17(12-18)23(24,25)26/h2-6,11-13H,7-10,14-15H2,1H3,(H,28,30)/b27-13+. The van der Waals surface area contributed by atoms with Crippen LogP contribution in [-0.4, -0.2) is 69.6 Å². The van der Waals surface area contributed by atoms with Crippen LogP contribution in [-0.2, 0) is 20.5 Å². The van der Waals surface area contributed by atoms with E-state index in [0.717, 1.165) is 12.1 Å². The highest BCUT2D eigenvalue weighted by atomic mass is 19.4. The number of hydrogen-bond acceptors (Lipinski definition) is 7. The molecule has 2 aromatic rings. The maximum Gasteiger partial charge on any atom is 0.416 e. The highest BCUT2D eigenvalue weighted by Crippen LogP contribution is 2.31. The highest BCUT2D eigenvalue weighted by Gasteiger charge is 2.30. The van der Waals surface area contributed by atoms with Crippen LogP contribution in [0, 0.1) is 0 Å². The third kappa shape index (κ3) is 7.88. The summed E-state index contributed by atoms with van der Waals surface area (Å²) in [6.07, 6.45) is -3.17. The minimum atomic E-state index is -4.51. The molecule has 1 saturated heterocycles.